The third-order valence-electron chi connectivity index (χ3n) is 3.16. The summed E-state index contributed by atoms with van der Waals surface area (Å²) in [6, 6.07) is 6.96. The molecule has 5 nitrogen and oxygen atoms in total. The molecule has 0 aliphatic carbocycles. The summed E-state index contributed by atoms with van der Waals surface area (Å²) < 4.78 is 11.2. The number of carbonyl (C=O) groups excluding carboxylic acids is 1. The number of rotatable bonds is 2. The van der Waals surface area contributed by atoms with Gasteiger partial charge in [0.05, 0.1) is 17.1 Å². The molecule has 0 saturated carbocycles. The Labute approximate surface area is 135 Å². The van der Waals surface area contributed by atoms with Crippen molar-refractivity contribution in [2.45, 2.75) is 38.9 Å². The Morgan fingerprint density at radius 3 is 2.77 bits per heavy atom. The van der Waals surface area contributed by atoms with E-state index in [1.54, 1.807) is 23.1 Å². The summed E-state index contributed by atoms with van der Waals surface area (Å²) in [5.41, 5.74) is -0.0905. The van der Waals surface area contributed by atoms with Gasteiger partial charge in [0.25, 0.3) is 0 Å². The minimum atomic E-state index is -0.503. The standard InChI is InChI=1S/C16H19ClN2O3/c1-16(2,3)22-15(20)19-7-6-13(10-19)21-12-5-4-11(9-18)14(17)8-12/h4-5,8,13H,6-7,10H2,1-3H3/t13-/m0/s1. The van der Waals surface area contributed by atoms with Crippen molar-refractivity contribution < 1.29 is 14.3 Å². The average Bonchev–Trinajstić information content (AvgIpc) is 2.85. The molecule has 0 aromatic heterocycles. The molecular formula is C16H19ClN2O3. The van der Waals surface area contributed by atoms with Gasteiger partial charge in [-0.1, -0.05) is 11.6 Å². The summed E-state index contributed by atoms with van der Waals surface area (Å²) >= 11 is 5.98. The van der Waals surface area contributed by atoms with Crippen molar-refractivity contribution in [3.05, 3.63) is 28.8 Å². The molecule has 6 heteroatoms. The highest BCUT2D eigenvalue weighted by Crippen LogP contribution is 2.25. The molecular weight excluding hydrogens is 304 g/mol. The van der Waals surface area contributed by atoms with Crippen LogP contribution in [0.25, 0.3) is 0 Å². The molecule has 0 spiro atoms. The largest absolute Gasteiger partial charge is 0.488 e. The molecule has 1 saturated heterocycles. The first-order chi connectivity index (χ1) is 10.3. The van der Waals surface area contributed by atoms with E-state index in [-0.39, 0.29) is 12.2 Å². The molecule has 1 amide bonds. The molecule has 0 unspecified atom stereocenters. The highest BCUT2D eigenvalue weighted by molar-refractivity contribution is 6.31. The third-order valence-corrected chi connectivity index (χ3v) is 3.47. The fraction of sp³-hybridized carbons (Fsp3) is 0.500. The predicted octanol–water partition coefficient (Wildman–Crippen LogP) is 3.60. The number of carbonyl (C=O) groups is 1. The minimum Gasteiger partial charge on any atom is -0.488 e. The molecule has 1 heterocycles. The summed E-state index contributed by atoms with van der Waals surface area (Å²) in [5, 5.41) is 9.21. The monoisotopic (exact) mass is 322 g/mol. The van der Waals surface area contributed by atoms with E-state index in [0.29, 0.717) is 29.4 Å². The van der Waals surface area contributed by atoms with E-state index in [1.807, 2.05) is 26.8 Å². The van der Waals surface area contributed by atoms with Gasteiger partial charge in [-0.15, -0.1) is 0 Å². The molecule has 1 aliphatic heterocycles. The smallest absolute Gasteiger partial charge is 0.410 e. The molecule has 1 aromatic carbocycles. The van der Waals surface area contributed by atoms with Gasteiger partial charge in [0.2, 0.25) is 0 Å². The van der Waals surface area contributed by atoms with Gasteiger partial charge in [0.1, 0.15) is 23.5 Å². The van der Waals surface area contributed by atoms with Crippen LogP contribution in [0.3, 0.4) is 0 Å². The molecule has 0 bridgehead atoms. The molecule has 2 rings (SSSR count). The molecule has 0 radical (unpaired) electrons. The zero-order valence-corrected chi connectivity index (χ0v) is 13.7. The van der Waals surface area contributed by atoms with Gasteiger partial charge in [-0.05, 0) is 32.9 Å². The highest BCUT2D eigenvalue weighted by atomic mass is 35.5. The fourth-order valence-corrected chi connectivity index (χ4v) is 2.38. The van der Waals surface area contributed by atoms with E-state index in [9.17, 15) is 4.79 Å². The second-order valence-corrected chi connectivity index (χ2v) is 6.62. The normalized spacial score (nSPS) is 18.0. The molecule has 118 valence electrons. The lowest BCUT2D eigenvalue weighted by molar-refractivity contribution is 0.0275. The Morgan fingerprint density at radius 2 is 2.18 bits per heavy atom. The van der Waals surface area contributed by atoms with E-state index in [4.69, 9.17) is 26.3 Å². The number of hydrogen-bond donors (Lipinski definition) is 0. The second kappa shape index (κ2) is 6.45. The van der Waals surface area contributed by atoms with Crippen LogP contribution in [0, 0.1) is 11.3 Å². The Hall–Kier alpha value is -1.93. The molecule has 1 fully saturated rings. The summed E-state index contributed by atoms with van der Waals surface area (Å²) in [6.45, 7) is 6.60. The first-order valence-electron chi connectivity index (χ1n) is 7.13. The van der Waals surface area contributed by atoms with Crippen LogP contribution in [0.15, 0.2) is 18.2 Å². The third kappa shape index (κ3) is 4.28. The number of benzene rings is 1. The number of nitriles is 1. The van der Waals surface area contributed by atoms with Crippen LogP contribution in [0.2, 0.25) is 5.02 Å². The lowest BCUT2D eigenvalue weighted by Gasteiger charge is -2.24. The van der Waals surface area contributed by atoms with Crippen molar-refractivity contribution in [1.82, 2.24) is 4.90 Å². The zero-order chi connectivity index (χ0) is 16.3. The SMILES string of the molecule is CC(C)(C)OC(=O)N1CC[C@H](Oc2ccc(C#N)c(Cl)c2)C1. The molecule has 0 N–H and O–H groups in total. The topological polar surface area (TPSA) is 62.6 Å². The van der Waals surface area contributed by atoms with Gasteiger partial charge in [-0.2, -0.15) is 5.26 Å². The van der Waals surface area contributed by atoms with Crippen molar-refractivity contribution in [2.75, 3.05) is 13.1 Å². The average molecular weight is 323 g/mol. The number of hydrogen-bond acceptors (Lipinski definition) is 4. The Kier molecular flexibility index (Phi) is 4.82. The van der Waals surface area contributed by atoms with Crippen LogP contribution in [0.1, 0.15) is 32.8 Å². The second-order valence-electron chi connectivity index (χ2n) is 6.21. The van der Waals surface area contributed by atoms with E-state index in [2.05, 4.69) is 0 Å². The first-order valence-corrected chi connectivity index (χ1v) is 7.50. The van der Waals surface area contributed by atoms with Crippen molar-refractivity contribution in [1.29, 1.82) is 5.26 Å². The number of likely N-dealkylation sites (tertiary alicyclic amines) is 1. The summed E-state index contributed by atoms with van der Waals surface area (Å²) in [4.78, 5) is 13.6. The number of nitrogens with zero attached hydrogens (tertiary/aromatic N) is 2. The van der Waals surface area contributed by atoms with Crippen molar-refractivity contribution in [2.24, 2.45) is 0 Å². The summed E-state index contributed by atoms with van der Waals surface area (Å²) in [5.74, 6) is 0.597. The van der Waals surface area contributed by atoms with Crippen LogP contribution >= 0.6 is 11.6 Å². The number of halogens is 1. The maximum Gasteiger partial charge on any atom is 0.410 e. The zero-order valence-electron chi connectivity index (χ0n) is 12.9. The van der Waals surface area contributed by atoms with E-state index < -0.39 is 5.60 Å². The lowest BCUT2D eigenvalue weighted by Crippen LogP contribution is -2.36. The lowest BCUT2D eigenvalue weighted by atomic mass is 10.2. The fourth-order valence-electron chi connectivity index (χ4n) is 2.17. The quantitative estimate of drug-likeness (QED) is 0.834. The van der Waals surface area contributed by atoms with Gasteiger partial charge in [-0.3, -0.25) is 0 Å². The maximum atomic E-state index is 12.0. The highest BCUT2D eigenvalue weighted by Gasteiger charge is 2.30. The Morgan fingerprint density at radius 1 is 1.45 bits per heavy atom. The van der Waals surface area contributed by atoms with Crippen molar-refractivity contribution >= 4 is 17.7 Å². The summed E-state index contributed by atoms with van der Waals surface area (Å²) in [7, 11) is 0. The van der Waals surface area contributed by atoms with Gasteiger partial charge < -0.3 is 14.4 Å². The molecule has 22 heavy (non-hydrogen) atoms. The van der Waals surface area contributed by atoms with Crippen LogP contribution < -0.4 is 4.74 Å². The van der Waals surface area contributed by atoms with E-state index >= 15 is 0 Å². The predicted molar refractivity (Wildman–Crippen MR) is 83.0 cm³/mol. The molecule has 1 atom stereocenters. The van der Waals surface area contributed by atoms with Crippen molar-refractivity contribution in [3.63, 3.8) is 0 Å². The maximum absolute atomic E-state index is 12.0. The van der Waals surface area contributed by atoms with Crippen LogP contribution in [0.4, 0.5) is 4.79 Å². The summed E-state index contributed by atoms with van der Waals surface area (Å²) in [6.07, 6.45) is 0.310. The number of amides is 1. The van der Waals surface area contributed by atoms with Crippen molar-refractivity contribution in [3.8, 4) is 11.8 Å². The van der Waals surface area contributed by atoms with E-state index in [1.165, 1.54) is 0 Å². The van der Waals surface area contributed by atoms with Crippen LogP contribution in [-0.4, -0.2) is 35.8 Å². The van der Waals surface area contributed by atoms with Gasteiger partial charge in [-0.25, -0.2) is 4.79 Å². The van der Waals surface area contributed by atoms with Gasteiger partial charge >= 0.3 is 6.09 Å². The Bertz CT molecular complexity index is 604. The molecule has 1 aromatic rings. The van der Waals surface area contributed by atoms with Gasteiger partial charge in [0, 0.05) is 19.0 Å². The molecule has 1 aliphatic rings. The number of ether oxygens (including phenoxy) is 2. The Balaban J connectivity index is 1.93. The van der Waals surface area contributed by atoms with Gasteiger partial charge in [0.15, 0.2) is 0 Å². The van der Waals surface area contributed by atoms with E-state index in [0.717, 1.165) is 6.42 Å². The first kappa shape index (κ1) is 16.4. The van der Waals surface area contributed by atoms with Crippen LogP contribution in [0.5, 0.6) is 5.75 Å². The van der Waals surface area contributed by atoms with Crippen LogP contribution in [-0.2, 0) is 4.74 Å². The minimum absolute atomic E-state index is 0.100.